The highest BCUT2D eigenvalue weighted by atomic mass is 15.1. The van der Waals surface area contributed by atoms with Gasteiger partial charge in [-0.1, -0.05) is 18.7 Å². The summed E-state index contributed by atoms with van der Waals surface area (Å²) in [5, 5.41) is 3.46. The molecule has 1 N–H and O–H groups in total. The third kappa shape index (κ3) is 3.16. The molecule has 0 aliphatic rings. The van der Waals surface area contributed by atoms with Gasteiger partial charge in [-0.05, 0) is 62.2 Å². The fourth-order valence-corrected chi connectivity index (χ4v) is 2.24. The Morgan fingerprint density at radius 2 is 1.89 bits per heavy atom. The summed E-state index contributed by atoms with van der Waals surface area (Å²) in [7, 11) is 0. The Morgan fingerprint density at radius 1 is 1.21 bits per heavy atom. The van der Waals surface area contributed by atoms with Gasteiger partial charge in [0.25, 0.3) is 0 Å². The smallest absolute Gasteiger partial charge is 0.114 e. The van der Waals surface area contributed by atoms with Crippen molar-refractivity contribution in [2.24, 2.45) is 0 Å². The van der Waals surface area contributed by atoms with Crippen LogP contribution in [0.4, 0.5) is 11.5 Å². The molecule has 0 amide bonds. The molecule has 98 valence electrons. The van der Waals surface area contributed by atoms with Gasteiger partial charge in [0.15, 0.2) is 0 Å². The molecular weight excluding hydrogens is 232 g/mol. The molecule has 0 spiro atoms. The van der Waals surface area contributed by atoms with Crippen LogP contribution in [0, 0.1) is 13.8 Å². The van der Waals surface area contributed by atoms with Crippen LogP contribution in [-0.4, -0.2) is 4.57 Å². The first-order valence-electron chi connectivity index (χ1n) is 6.42. The van der Waals surface area contributed by atoms with Crippen LogP contribution in [0.25, 0.3) is 5.70 Å². The zero-order valence-electron chi connectivity index (χ0n) is 11.8. The van der Waals surface area contributed by atoms with E-state index in [2.05, 4.69) is 61.5 Å². The molecule has 1 heterocycles. The number of nitrogens with zero attached hydrogens (tertiary/aromatic N) is 1. The van der Waals surface area contributed by atoms with Gasteiger partial charge in [0.05, 0.1) is 0 Å². The van der Waals surface area contributed by atoms with Crippen LogP contribution >= 0.6 is 0 Å². The molecule has 0 saturated heterocycles. The topological polar surface area (TPSA) is 17.0 Å². The molecular formula is C17H20N2. The van der Waals surface area contributed by atoms with Crippen molar-refractivity contribution in [1.82, 2.24) is 4.57 Å². The van der Waals surface area contributed by atoms with E-state index in [-0.39, 0.29) is 0 Å². The molecule has 2 aromatic rings. The van der Waals surface area contributed by atoms with E-state index in [9.17, 15) is 0 Å². The average molecular weight is 252 g/mol. The summed E-state index contributed by atoms with van der Waals surface area (Å²) < 4.78 is 2.11. The van der Waals surface area contributed by atoms with E-state index in [1.54, 1.807) is 6.08 Å². The van der Waals surface area contributed by atoms with Crippen molar-refractivity contribution in [2.75, 3.05) is 5.32 Å². The number of benzene rings is 1. The predicted molar refractivity (Wildman–Crippen MR) is 83.8 cm³/mol. The number of aryl methyl sites for hydroxylation is 2. The summed E-state index contributed by atoms with van der Waals surface area (Å²) in [5.41, 5.74) is 4.77. The van der Waals surface area contributed by atoms with Gasteiger partial charge in [0.1, 0.15) is 5.82 Å². The molecule has 1 aromatic carbocycles. The van der Waals surface area contributed by atoms with Gasteiger partial charge in [-0.2, -0.15) is 0 Å². The van der Waals surface area contributed by atoms with Crippen molar-refractivity contribution < 1.29 is 0 Å². The second-order valence-electron chi connectivity index (χ2n) is 4.81. The number of rotatable bonds is 4. The number of hydrogen-bond acceptors (Lipinski definition) is 1. The highest BCUT2D eigenvalue weighted by Crippen LogP contribution is 2.22. The van der Waals surface area contributed by atoms with Crippen LogP contribution in [0.15, 0.2) is 55.3 Å². The van der Waals surface area contributed by atoms with Crippen LogP contribution in [0.2, 0.25) is 0 Å². The number of aromatic nitrogens is 1. The Morgan fingerprint density at radius 3 is 2.53 bits per heavy atom. The van der Waals surface area contributed by atoms with E-state index >= 15 is 0 Å². The van der Waals surface area contributed by atoms with Crippen molar-refractivity contribution >= 4 is 17.2 Å². The Labute approximate surface area is 115 Å². The van der Waals surface area contributed by atoms with Crippen molar-refractivity contribution in [3.05, 3.63) is 66.4 Å². The molecule has 2 rings (SSSR count). The van der Waals surface area contributed by atoms with E-state index in [1.165, 1.54) is 11.1 Å². The van der Waals surface area contributed by atoms with E-state index in [0.717, 1.165) is 17.2 Å². The number of allylic oxidation sites excluding steroid dienone is 3. The lowest BCUT2D eigenvalue weighted by Crippen LogP contribution is -2.00. The third-order valence-electron chi connectivity index (χ3n) is 2.98. The van der Waals surface area contributed by atoms with E-state index in [4.69, 9.17) is 0 Å². The Bertz CT molecular complexity index is 598. The van der Waals surface area contributed by atoms with E-state index < -0.39 is 0 Å². The number of nitrogens with one attached hydrogen (secondary N) is 1. The van der Waals surface area contributed by atoms with Gasteiger partial charge in [0.2, 0.25) is 0 Å². The van der Waals surface area contributed by atoms with Gasteiger partial charge in [-0.25, -0.2) is 0 Å². The molecule has 0 aliphatic heterocycles. The first-order chi connectivity index (χ1) is 9.10. The lowest BCUT2D eigenvalue weighted by Gasteiger charge is -2.12. The van der Waals surface area contributed by atoms with Crippen LogP contribution < -0.4 is 5.32 Å². The SMILES string of the molecule is C=C/C=C(\C)n1cccc1Nc1cc(C)cc(C)c1. The minimum atomic E-state index is 1.06. The fraction of sp³-hybridized carbons (Fsp3) is 0.176. The summed E-state index contributed by atoms with van der Waals surface area (Å²) in [6.07, 6.45) is 5.84. The maximum absolute atomic E-state index is 3.74. The highest BCUT2D eigenvalue weighted by molar-refractivity contribution is 5.63. The molecule has 0 fully saturated rings. The minimum Gasteiger partial charge on any atom is -0.341 e. The van der Waals surface area contributed by atoms with Crippen LogP contribution in [-0.2, 0) is 0 Å². The monoisotopic (exact) mass is 252 g/mol. The molecule has 1 aromatic heterocycles. The molecule has 2 heteroatoms. The molecule has 0 aliphatic carbocycles. The predicted octanol–water partition coefficient (Wildman–Crippen LogP) is 4.90. The Hall–Kier alpha value is -2.22. The summed E-state index contributed by atoms with van der Waals surface area (Å²) in [4.78, 5) is 0. The lowest BCUT2D eigenvalue weighted by atomic mass is 10.1. The van der Waals surface area contributed by atoms with Gasteiger partial charge in [-0.15, -0.1) is 0 Å². The first kappa shape index (κ1) is 13.2. The minimum absolute atomic E-state index is 1.06. The summed E-state index contributed by atoms with van der Waals surface area (Å²) in [6.45, 7) is 10.0. The molecule has 19 heavy (non-hydrogen) atoms. The zero-order chi connectivity index (χ0) is 13.8. The fourth-order valence-electron chi connectivity index (χ4n) is 2.24. The first-order valence-corrected chi connectivity index (χ1v) is 6.42. The zero-order valence-corrected chi connectivity index (χ0v) is 11.8. The van der Waals surface area contributed by atoms with E-state index in [1.807, 2.05) is 18.3 Å². The Balaban J connectivity index is 2.31. The normalized spacial score (nSPS) is 11.4. The van der Waals surface area contributed by atoms with Gasteiger partial charge in [0, 0.05) is 17.6 Å². The maximum Gasteiger partial charge on any atom is 0.114 e. The lowest BCUT2D eigenvalue weighted by molar-refractivity contribution is 1.10. The molecule has 0 atom stereocenters. The molecule has 0 saturated carbocycles. The van der Waals surface area contributed by atoms with Gasteiger partial charge >= 0.3 is 0 Å². The summed E-state index contributed by atoms with van der Waals surface area (Å²) in [5.74, 6) is 1.06. The standard InChI is InChI=1S/C17H20N2/c1-5-7-15(4)19-9-6-8-17(19)18-16-11-13(2)10-14(3)12-16/h5-12,18H,1H2,2-4H3/b15-7+. The third-order valence-corrected chi connectivity index (χ3v) is 2.98. The number of anilines is 2. The largest absolute Gasteiger partial charge is 0.341 e. The molecule has 0 radical (unpaired) electrons. The van der Waals surface area contributed by atoms with E-state index in [0.29, 0.717) is 0 Å². The van der Waals surface area contributed by atoms with Crippen LogP contribution in [0.1, 0.15) is 18.1 Å². The summed E-state index contributed by atoms with van der Waals surface area (Å²) in [6, 6.07) is 10.6. The summed E-state index contributed by atoms with van der Waals surface area (Å²) >= 11 is 0. The van der Waals surface area contributed by atoms with Gasteiger partial charge in [-0.3, -0.25) is 0 Å². The van der Waals surface area contributed by atoms with Crippen molar-refractivity contribution in [3.63, 3.8) is 0 Å². The average Bonchev–Trinajstić information content (AvgIpc) is 2.76. The van der Waals surface area contributed by atoms with Crippen LogP contribution in [0.3, 0.4) is 0 Å². The molecule has 0 unspecified atom stereocenters. The molecule has 0 bridgehead atoms. The Kier molecular flexibility index (Phi) is 3.91. The quantitative estimate of drug-likeness (QED) is 0.766. The van der Waals surface area contributed by atoms with Crippen LogP contribution in [0.5, 0.6) is 0 Å². The number of hydrogen-bond donors (Lipinski definition) is 1. The maximum atomic E-state index is 3.74. The second kappa shape index (κ2) is 5.61. The van der Waals surface area contributed by atoms with Crippen molar-refractivity contribution in [3.8, 4) is 0 Å². The van der Waals surface area contributed by atoms with Crippen molar-refractivity contribution in [1.29, 1.82) is 0 Å². The second-order valence-corrected chi connectivity index (χ2v) is 4.81. The van der Waals surface area contributed by atoms with Gasteiger partial charge < -0.3 is 9.88 Å². The molecule has 2 nitrogen and oxygen atoms in total. The highest BCUT2D eigenvalue weighted by Gasteiger charge is 2.03. The van der Waals surface area contributed by atoms with Crippen molar-refractivity contribution in [2.45, 2.75) is 20.8 Å².